The fourth-order valence-corrected chi connectivity index (χ4v) is 3.42. The molecule has 1 amide bonds. The Morgan fingerprint density at radius 1 is 1.38 bits per heavy atom. The van der Waals surface area contributed by atoms with Gasteiger partial charge in [-0.15, -0.1) is 0 Å². The van der Waals surface area contributed by atoms with E-state index in [4.69, 9.17) is 21.7 Å². The molecule has 0 atom stereocenters. The van der Waals surface area contributed by atoms with E-state index in [2.05, 4.69) is 0 Å². The van der Waals surface area contributed by atoms with Crippen molar-refractivity contribution >= 4 is 40.3 Å². The number of likely N-dealkylation sites (N-methyl/N-ethyl adjacent to an activating group) is 1. The summed E-state index contributed by atoms with van der Waals surface area (Å²) >= 11 is 6.52. The van der Waals surface area contributed by atoms with Gasteiger partial charge in [-0.05, 0) is 26.0 Å². The minimum Gasteiger partial charge on any atom is -0.492 e. The lowest BCUT2D eigenvalue weighted by Crippen LogP contribution is -2.27. The monoisotopic (exact) mass is 323 g/mol. The Morgan fingerprint density at radius 2 is 2.14 bits per heavy atom. The largest absolute Gasteiger partial charge is 0.492 e. The predicted octanol–water partition coefficient (Wildman–Crippen LogP) is 3.32. The van der Waals surface area contributed by atoms with Crippen LogP contribution in [0.25, 0.3) is 6.08 Å². The molecule has 0 N–H and O–H groups in total. The fraction of sp³-hybridized carbons (Fsp3) is 0.333. The number of ether oxygens (including phenoxy) is 2. The summed E-state index contributed by atoms with van der Waals surface area (Å²) in [4.78, 5) is 14.4. The topological polar surface area (TPSA) is 38.8 Å². The van der Waals surface area contributed by atoms with Gasteiger partial charge in [0, 0.05) is 12.1 Å². The van der Waals surface area contributed by atoms with Crippen LogP contribution in [0.5, 0.6) is 11.5 Å². The summed E-state index contributed by atoms with van der Waals surface area (Å²) in [7, 11) is 1.59. The second kappa shape index (κ2) is 6.95. The highest BCUT2D eigenvalue weighted by atomic mass is 32.2. The minimum atomic E-state index is -0.0589. The van der Waals surface area contributed by atoms with E-state index in [0.29, 0.717) is 33.9 Å². The maximum absolute atomic E-state index is 12.2. The lowest BCUT2D eigenvalue weighted by atomic mass is 10.1. The number of para-hydroxylation sites is 1. The first-order valence-corrected chi connectivity index (χ1v) is 7.90. The number of nitrogens with zero attached hydrogens (tertiary/aromatic N) is 1. The molecular weight excluding hydrogens is 306 g/mol. The molecule has 0 aliphatic carbocycles. The molecule has 21 heavy (non-hydrogen) atoms. The standard InChI is InChI=1S/C15H17NO3S2/c1-4-16-14(17)12(21-15(16)20)9-10-7-6-8-11(19-5-2)13(10)18-3/h6-9H,4-5H2,1-3H3/b12-9-. The highest BCUT2D eigenvalue weighted by Crippen LogP contribution is 2.37. The van der Waals surface area contributed by atoms with Gasteiger partial charge in [-0.3, -0.25) is 9.69 Å². The van der Waals surface area contributed by atoms with Gasteiger partial charge < -0.3 is 9.47 Å². The van der Waals surface area contributed by atoms with E-state index in [1.807, 2.05) is 32.0 Å². The van der Waals surface area contributed by atoms with Gasteiger partial charge in [-0.25, -0.2) is 0 Å². The molecule has 0 aromatic heterocycles. The van der Waals surface area contributed by atoms with Crippen LogP contribution in [0.2, 0.25) is 0 Å². The fourth-order valence-electron chi connectivity index (χ4n) is 2.05. The summed E-state index contributed by atoms with van der Waals surface area (Å²) in [5.41, 5.74) is 0.806. The van der Waals surface area contributed by atoms with Gasteiger partial charge >= 0.3 is 0 Å². The molecule has 0 bridgehead atoms. The maximum Gasteiger partial charge on any atom is 0.266 e. The van der Waals surface area contributed by atoms with Gasteiger partial charge in [0.1, 0.15) is 4.32 Å². The quantitative estimate of drug-likeness (QED) is 0.614. The molecule has 0 saturated carbocycles. The van der Waals surface area contributed by atoms with E-state index in [1.54, 1.807) is 18.1 Å². The third-order valence-corrected chi connectivity index (χ3v) is 4.37. The Morgan fingerprint density at radius 3 is 2.71 bits per heavy atom. The Bertz CT molecular complexity index is 599. The summed E-state index contributed by atoms with van der Waals surface area (Å²) in [6, 6.07) is 5.61. The zero-order valence-electron chi connectivity index (χ0n) is 12.2. The molecule has 0 spiro atoms. The van der Waals surface area contributed by atoms with Crippen molar-refractivity contribution in [1.82, 2.24) is 4.90 Å². The SMILES string of the molecule is CCOc1cccc(/C=C2\SC(=S)N(CC)C2=O)c1OC. The molecule has 0 unspecified atom stereocenters. The third-order valence-electron chi connectivity index (χ3n) is 2.99. The average Bonchev–Trinajstić information content (AvgIpc) is 2.73. The van der Waals surface area contributed by atoms with Gasteiger partial charge in [0.15, 0.2) is 11.5 Å². The predicted molar refractivity (Wildman–Crippen MR) is 89.7 cm³/mol. The molecule has 1 aromatic carbocycles. The number of rotatable bonds is 5. The van der Waals surface area contributed by atoms with Crippen molar-refractivity contribution in [2.45, 2.75) is 13.8 Å². The van der Waals surface area contributed by atoms with Crippen molar-refractivity contribution in [2.24, 2.45) is 0 Å². The minimum absolute atomic E-state index is 0.0589. The van der Waals surface area contributed by atoms with Gasteiger partial charge in [0.2, 0.25) is 0 Å². The number of hydrogen-bond donors (Lipinski definition) is 0. The molecule has 4 nitrogen and oxygen atoms in total. The summed E-state index contributed by atoms with van der Waals surface area (Å²) in [5, 5.41) is 0. The summed E-state index contributed by atoms with van der Waals surface area (Å²) in [6.45, 7) is 4.96. The van der Waals surface area contributed by atoms with Crippen LogP contribution in [0.3, 0.4) is 0 Å². The molecule has 2 rings (SSSR count). The first-order valence-electron chi connectivity index (χ1n) is 6.67. The molecule has 6 heteroatoms. The second-order valence-corrected chi connectivity index (χ2v) is 5.91. The van der Waals surface area contributed by atoms with Crippen LogP contribution < -0.4 is 9.47 Å². The van der Waals surface area contributed by atoms with Crippen molar-refractivity contribution in [3.8, 4) is 11.5 Å². The zero-order chi connectivity index (χ0) is 15.4. The van der Waals surface area contributed by atoms with E-state index in [-0.39, 0.29) is 5.91 Å². The van der Waals surface area contributed by atoms with E-state index < -0.39 is 0 Å². The molecule has 1 heterocycles. The molecular formula is C15H17NO3S2. The number of thioether (sulfide) groups is 1. The number of carbonyl (C=O) groups is 1. The summed E-state index contributed by atoms with van der Waals surface area (Å²) in [5.74, 6) is 1.23. The van der Waals surface area contributed by atoms with Crippen molar-refractivity contribution < 1.29 is 14.3 Å². The van der Waals surface area contributed by atoms with Crippen molar-refractivity contribution in [2.75, 3.05) is 20.3 Å². The van der Waals surface area contributed by atoms with Crippen LogP contribution in [0, 0.1) is 0 Å². The Labute approximate surface area is 134 Å². The second-order valence-electron chi connectivity index (χ2n) is 4.24. The number of thiocarbonyl (C=S) groups is 1. The highest BCUT2D eigenvalue weighted by molar-refractivity contribution is 8.26. The van der Waals surface area contributed by atoms with E-state index in [1.165, 1.54) is 11.8 Å². The molecule has 1 aliphatic heterocycles. The average molecular weight is 323 g/mol. The van der Waals surface area contributed by atoms with Gasteiger partial charge in [-0.1, -0.05) is 36.1 Å². The molecule has 112 valence electrons. The van der Waals surface area contributed by atoms with Crippen LogP contribution in [-0.2, 0) is 4.79 Å². The normalized spacial score (nSPS) is 16.7. The molecule has 1 saturated heterocycles. The lowest BCUT2D eigenvalue weighted by molar-refractivity contribution is -0.121. The number of amides is 1. The first kappa shape index (κ1) is 15.9. The van der Waals surface area contributed by atoms with Crippen LogP contribution in [0.4, 0.5) is 0 Å². The van der Waals surface area contributed by atoms with Gasteiger partial charge in [0.05, 0.1) is 18.6 Å². The number of carbonyl (C=O) groups excluding carboxylic acids is 1. The molecule has 0 radical (unpaired) electrons. The Hall–Kier alpha value is -1.53. The van der Waals surface area contributed by atoms with E-state index >= 15 is 0 Å². The Kier molecular flexibility index (Phi) is 5.25. The van der Waals surface area contributed by atoms with Crippen molar-refractivity contribution in [1.29, 1.82) is 0 Å². The van der Waals surface area contributed by atoms with Crippen molar-refractivity contribution in [3.63, 3.8) is 0 Å². The molecule has 1 aromatic rings. The Balaban J connectivity index is 2.39. The number of benzene rings is 1. The smallest absolute Gasteiger partial charge is 0.266 e. The molecule has 1 fully saturated rings. The maximum atomic E-state index is 12.2. The first-order chi connectivity index (χ1) is 10.1. The molecule has 1 aliphatic rings. The lowest BCUT2D eigenvalue weighted by Gasteiger charge is -2.12. The van der Waals surface area contributed by atoms with Gasteiger partial charge in [-0.2, -0.15) is 0 Å². The van der Waals surface area contributed by atoms with Crippen LogP contribution in [0.15, 0.2) is 23.1 Å². The summed E-state index contributed by atoms with van der Waals surface area (Å²) in [6.07, 6.45) is 1.80. The number of methoxy groups -OCH3 is 1. The van der Waals surface area contributed by atoms with Crippen LogP contribution in [-0.4, -0.2) is 35.4 Å². The van der Waals surface area contributed by atoms with E-state index in [0.717, 1.165) is 5.56 Å². The van der Waals surface area contributed by atoms with Crippen LogP contribution in [0.1, 0.15) is 19.4 Å². The third kappa shape index (κ3) is 3.22. The number of hydrogen-bond acceptors (Lipinski definition) is 5. The van der Waals surface area contributed by atoms with Gasteiger partial charge in [0.25, 0.3) is 5.91 Å². The van der Waals surface area contributed by atoms with E-state index in [9.17, 15) is 4.79 Å². The van der Waals surface area contributed by atoms with Crippen LogP contribution >= 0.6 is 24.0 Å². The summed E-state index contributed by atoms with van der Waals surface area (Å²) < 4.78 is 11.6. The highest BCUT2D eigenvalue weighted by Gasteiger charge is 2.30. The zero-order valence-corrected chi connectivity index (χ0v) is 13.8. The van der Waals surface area contributed by atoms with Crippen molar-refractivity contribution in [3.05, 3.63) is 28.7 Å².